The normalized spacial score (nSPS) is 10.9. The van der Waals surface area contributed by atoms with E-state index in [-0.39, 0.29) is 5.56 Å². The van der Waals surface area contributed by atoms with Crippen LogP contribution >= 0.6 is 0 Å². The molecule has 0 fully saturated rings. The third-order valence-electron chi connectivity index (χ3n) is 1.76. The van der Waals surface area contributed by atoms with Crippen LogP contribution in [0.4, 0.5) is 8.78 Å². The Bertz CT molecular complexity index is 327. The summed E-state index contributed by atoms with van der Waals surface area (Å²) < 4.78 is 26.1. The molecule has 2 heteroatoms. The lowest BCUT2D eigenvalue weighted by molar-refractivity contribution is 0.0525. The van der Waals surface area contributed by atoms with Crippen molar-refractivity contribution in [3.8, 4) is 0 Å². The zero-order valence-corrected chi connectivity index (χ0v) is 7.13. The van der Waals surface area contributed by atoms with Crippen LogP contribution in [0.25, 0.3) is 6.08 Å². The van der Waals surface area contributed by atoms with Crippen molar-refractivity contribution in [2.24, 2.45) is 0 Å². The quantitative estimate of drug-likeness (QED) is 0.623. The van der Waals surface area contributed by atoms with Crippen molar-refractivity contribution < 1.29 is 8.78 Å². The number of hydrogen-bond donors (Lipinski definition) is 0. The van der Waals surface area contributed by atoms with Crippen LogP contribution in [-0.4, -0.2) is 0 Å². The first-order valence-electron chi connectivity index (χ1n) is 3.84. The zero-order valence-electron chi connectivity index (χ0n) is 7.13. The minimum Gasteiger partial charge on any atom is -0.197 e. The fraction of sp³-hybridized carbons (Fsp3) is 0.0909. The molecule has 0 aliphatic carbocycles. The minimum atomic E-state index is -2.96. The van der Waals surface area contributed by atoms with E-state index in [0.29, 0.717) is 11.6 Å². The van der Waals surface area contributed by atoms with Crippen LogP contribution < -0.4 is 0 Å². The van der Waals surface area contributed by atoms with Crippen LogP contribution in [0.15, 0.2) is 43.5 Å². The molecular formula is C11H10F2. The van der Waals surface area contributed by atoms with Crippen LogP contribution in [0.2, 0.25) is 0 Å². The molecule has 1 aromatic carbocycles. The lowest BCUT2D eigenvalue weighted by Crippen LogP contribution is -2.08. The summed E-state index contributed by atoms with van der Waals surface area (Å²) in [5.41, 5.74) is 0.624. The molecule has 0 unspecified atom stereocenters. The maximum atomic E-state index is 13.0. The van der Waals surface area contributed by atoms with Crippen LogP contribution in [0, 0.1) is 0 Å². The van der Waals surface area contributed by atoms with Crippen molar-refractivity contribution in [3.05, 3.63) is 54.6 Å². The maximum Gasteiger partial charge on any atom is 0.291 e. The van der Waals surface area contributed by atoms with Gasteiger partial charge in [0.05, 0.1) is 0 Å². The monoisotopic (exact) mass is 180 g/mol. The third kappa shape index (κ3) is 2.02. The zero-order chi connectivity index (χ0) is 9.90. The van der Waals surface area contributed by atoms with Gasteiger partial charge in [0, 0.05) is 5.56 Å². The Balaban J connectivity index is 3.15. The Hall–Kier alpha value is -1.44. The van der Waals surface area contributed by atoms with E-state index in [1.54, 1.807) is 12.1 Å². The van der Waals surface area contributed by atoms with Crippen LogP contribution in [0.5, 0.6) is 0 Å². The number of benzene rings is 1. The van der Waals surface area contributed by atoms with Crippen molar-refractivity contribution in [1.29, 1.82) is 0 Å². The van der Waals surface area contributed by atoms with Crippen LogP contribution in [0.1, 0.15) is 11.1 Å². The average molecular weight is 180 g/mol. The molecule has 0 aliphatic rings. The molecule has 0 saturated carbocycles. The first kappa shape index (κ1) is 9.65. The fourth-order valence-electron chi connectivity index (χ4n) is 0.991. The molecule has 0 aliphatic heterocycles. The lowest BCUT2D eigenvalue weighted by atomic mass is 10.1. The molecule has 0 aromatic heterocycles. The number of rotatable bonds is 3. The van der Waals surface area contributed by atoms with Gasteiger partial charge in [0.15, 0.2) is 0 Å². The summed E-state index contributed by atoms with van der Waals surface area (Å²) in [5.74, 6) is -2.96. The largest absolute Gasteiger partial charge is 0.291 e. The molecule has 0 N–H and O–H groups in total. The second-order valence-corrected chi connectivity index (χ2v) is 2.66. The fourth-order valence-corrected chi connectivity index (χ4v) is 0.991. The second-order valence-electron chi connectivity index (χ2n) is 2.66. The van der Waals surface area contributed by atoms with Gasteiger partial charge in [-0.2, -0.15) is 8.78 Å². The molecule has 1 rings (SSSR count). The van der Waals surface area contributed by atoms with E-state index in [4.69, 9.17) is 0 Å². The number of allylic oxidation sites excluding steroid dienone is 1. The van der Waals surface area contributed by atoms with Gasteiger partial charge in [-0.15, -0.1) is 0 Å². The van der Waals surface area contributed by atoms with Gasteiger partial charge in [-0.25, -0.2) is 0 Å². The summed E-state index contributed by atoms with van der Waals surface area (Å²) in [4.78, 5) is 0. The maximum absolute atomic E-state index is 13.0. The molecule has 0 amide bonds. The standard InChI is InChI=1S/C11H10F2/c1-3-9-6-5-7-10(8-9)11(12,13)4-2/h3-8H,1-2H2. The van der Waals surface area contributed by atoms with Gasteiger partial charge in [0.25, 0.3) is 5.92 Å². The molecule has 0 radical (unpaired) electrons. The summed E-state index contributed by atoms with van der Waals surface area (Å²) in [6.45, 7) is 6.60. The molecular weight excluding hydrogens is 170 g/mol. The summed E-state index contributed by atoms with van der Waals surface area (Å²) in [7, 11) is 0. The van der Waals surface area contributed by atoms with Gasteiger partial charge in [0.2, 0.25) is 0 Å². The Morgan fingerprint density at radius 1 is 1.23 bits per heavy atom. The van der Waals surface area contributed by atoms with Crippen molar-refractivity contribution in [2.45, 2.75) is 5.92 Å². The van der Waals surface area contributed by atoms with Gasteiger partial charge in [-0.1, -0.05) is 37.4 Å². The van der Waals surface area contributed by atoms with E-state index in [1.807, 2.05) is 0 Å². The lowest BCUT2D eigenvalue weighted by Gasteiger charge is -2.11. The molecule has 0 heterocycles. The number of hydrogen-bond acceptors (Lipinski definition) is 0. The molecule has 68 valence electrons. The van der Waals surface area contributed by atoms with Gasteiger partial charge < -0.3 is 0 Å². The number of alkyl halides is 2. The van der Waals surface area contributed by atoms with E-state index < -0.39 is 5.92 Å². The first-order chi connectivity index (χ1) is 6.10. The van der Waals surface area contributed by atoms with Crippen molar-refractivity contribution >= 4 is 6.08 Å². The number of halogens is 2. The molecule has 0 spiro atoms. The van der Waals surface area contributed by atoms with Crippen molar-refractivity contribution in [3.63, 3.8) is 0 Å². The molecule has 0 nitrogen and oxygen atoms in total. The van der Waals surface area contributed by atoms with E-state index in [1.165, 1.54) is 18.2 Å². The van der Waals surface area contributed by atoms with E-state index in [2.05, 4.69) is 13.2 Å². The van der Waals surface area contributed by atoms with Crippen molar-refractivity contribution in [2.75, 3.05) is 0 Å². The average Bonchev–Trinajstić information content (AvgIpc) is 2.18. The highest BCUT2D eigenvalue weighted by Gasteiger charge is 2.26. The molecule has 13 heavy (non-hydrogen) atoms. The van der Waals surface area contributed by atoms with Crippen LogP contribution in [0.3, 0.4) is 0 Å². The van der Waals surface area contributed by atoms with E-state index in [9.17, 15) is 8.78 Å². The predicted molar refractivity (Wildman–Crippen MR) is 50.6 cm³/mol. The first-order valence-corrected chi connectivity index (χ1v) is 3.84. The Morgan fingerprint density at radius 2 is 1.92 bits per heavy atom. The summed E-state index contributed by atoms with van der Waals surface area (Å²) in [6, 6.07) is 6.06. The molecule has 0 bridgehead atoms. The van der Waals surface area contributed by atoms with Gasteiger partial charge in [-0.05, 0) is 17.7 Å². The SMILES string of the molecule is C=Cc1cccc(C(F)(F)C=C)c1. The molecule has 1 aromatic rings. The molecule has 0 saturated heterocycles. The van der Waals surface area contributed by atoms with Crippen molar-refractivity contribution in [1.82, 2.24) is 0 Å². The Labute approximate surface area is 76.2 Å². The summed E-state index contributed by atoms with van der Waals surface area (Å²) in [6.07, 6.45) is 2.16. The van der Waals surface area contributed by atoms with Gasteiger partial charge in [0.1, 0.15) is 0 Å². The minimum absolute atomic E-state index is 0.0556. The third-order valence-corrected chi connectivity index (χ3v) is 1.76. The second kappa shape index (κ2) is 3.52. The highest BCUT2D eigenvalue weighted by atomic mass is 19.3. The van der Waals surface area contributed by atoms with Gasteiger partial charge in [-0.3, -0.25) is 0 Å². The summed E-state index contributed by atoms with van der Waals surface area (Å²) >= 11 is 0. The van der Waals surface area contributed by atoms with Gasteiger partial charge >= 0.3 is 0 Å². The Morgan fingerprint density at radius 3 is 2.46 bits per heavy atom. The topological polar surface area (TPSA) is 0 Å². The highest BCUT2D eigenvalue weighted by molar-refractivity contribution is 5.48. The van der Waals surface area contributed by atoms with Crippen LogP contribution in [-0.2, 0) is 5.92 Å². The predicted octanol–water partition coefficient (Wildman–Crippen LogP) is 3.61. The van der Waals surface area contributed by atoms with E-state index in [0.717, 1.165) is 0 Å². The Kier molecular flexibility index (Phi) is 2.61. The smallest absolute Gasteiger partial charge is 0.197 e. The summed E-state index contributed by atoms with van der Waals surface area (Å²) in [5, 5.41) is 0. The highest BCUT2D eigenvalue weighted by Crippen LogP contribution is 2.29. The van der Waals surface area contributed by atoms with E-state index >= 15 is 0 Å². The molecule has 0 atom stereocenters.